The normalized spacial score (nSPS) is 15.1. The summed E-state index contributed by atoms with van der Waals surface area (Å²) in [7, 11) is 3.80. The number of pyridine rings is 1. The zero-order chi connectivity index (χ0) is 29.1. The van der Waals surface area contributed by atoms with Gasteiger partial charge in [-0.15, -0.1) is 0 Å². The van der Waals surface area contributed by atoms with Gasteiger partial charge in [-0.05, 0) is 74.0 Å². The monoisotopic (exact) mass is 582 g/mol. The number of nitrogens with zero attached hydrogens (tertiary/aromatic N) is 5. The van der Waals surface area contributed by atoms with E-state index in [0.717, 1.165) is 49.6 Å². The molecule has 3 N–H and O–H groups in total. The lowest BCUT2D eigenvalue weighted by molar-refractivity contribution is 0.301. The van der Waals surface area contributed by atoms with Crippen LogP contribution in [0.5, 0.6) is 11.5 Å². The van der Waals surface area contributed by atoms with Crippen molar-refractivity contribution in [2.75, 3.05) is 49.3 Å². The molecule has 0 atom stereocenters. The summed E-state index contributed by atoms with van der Waals surface area (Å²) in [6, 6.07) is 17.3. The maximum Gasteiger partial charge on any atom is 0.229 e. The summed E-state index contributed by atoms with van der Waals surface area (Å²) < 4.78 is 11.6. The summed E-state index contributed by atoms with van der Waals surface area (Å²) in [6.07, 6.45) is 5.39. The van der Waals surface area contributed by atoms with E-state index >= 15 is 0 Å². The maximum atomic E-state index is 9.72. The van der Waals surface area contributed by atoms with Crippen LogP contribution in [-0.4, -0.2) is 48.7 Å². The zero-order valence-corrected chi connectivity index (χ0v) is 24.2. The molecule has 214 valence electrons. The van der Waals surface area contributed by atoms with Crippen molar-refractivity contribution in [2.24, 2.45) is 0 Å². The molecule has 11 heteroatoms. The second-order valence-electron chi connectivity index (χ2n) is 10.5. The predicted octanol–water partition coefficient (Wildman–Crippen LogP) is 5.54. The van der Waals surface area contributed by atoms with Gasteiger partial charge in [-0.1, -0.05) is 17.7 Å². The standard InChI is InChI=1S/C31H31ClN8O2/c1-40-19-31(8-11-34-12-9-31)23-14-28(41-2)25(15-26(23)40)38-30-36-17-20(16-33)29(39-30)37-21-6-7-27(24(32)13-21)42-18-22-5-3-4-10-35-22/h3-7,10,13-15,17,34H,8-9,11-12,18-19H2,1-2H3,(H2,36,37,38,39). The number of hydrogen-bond acceptors (Lipinski definition) is 10. The average molecular weight is 583 g/mol. The second-order valence-corrected chi connectivity index (χ2v) is 10.9. The maximum absolute atomic E-state index is 9.72. The first kappa shape index (κ1) is 27.6. The van der Waals surface area contributed by atoms with Gasteiger partial charge in [0.1, 0.15) is 29.7 Å². The van der Waals surface area contributed by atoms with Crippen LogP contribution >= 0.6 is 11.6 Å². The molecule has 0 aliphatic carbocycles. The molecule has 1 spiro atoms. The quantitative estimate of drug-likeness (QED) is 0.244. The summed E-state index contributed by atoms with van der Waals surface area (Å²) >= 11 is 6.50. The van der Waals surface area contributed by atoms with E-state index in [0.29, 0.717) is 40.4 Å². The minimum Gasteiger partial charge on any atom is -0.495 e. The minimum absolute atomic E-state index is 0.128. The molecule has 0 radical (unpaired) electrons. The van der Waals surface area contributed by atoms with Crippen LogP contribution in [0.1, 0.15) is 29.7 Å². The van der Waals surface area contributed by atoms with E-state index in [4.69, 9.17) is 21.1 Å². The van der Waals surface area contributed by atoms with Crippen LogP contribution in [0.2, 0.25) is 5.02 Å². The van der Waals surface area contributed by atoms with E-state index in [2.05, 4.69) is 61.1 Å². The summed E-state index contributed by atoms with van der Waals surface area (Å²) in [6.45, 7) is 3.30. The number of nitrogens with one attached hydrogen (secondary N) is 3. The van der Waals surface area contributed by atoms with Gasteiger partial charge >= 0.3 is 0 Å². The number of methoxy groups -OCH3 is 1. The Morgan fingerprint density at radius 2 is 1.95 bits per heavy atom. The molecule has 0 unspecified atom stereocenters. The minimum atomic E-state index is 0.128. The Labute approximate surface area is 249 Å². The van der Waals surface area contributed by atoms with Crippen molar-refractivity contribution in [3.05, 3.63) is 82.8 Å². The van der Waals surface area contributed by atoms with Crippen LogP contribution in [0.4, 0.5) is 28.8 Å². The van der Waals surface area contributed by atoms with Gasteiger partial charge < -0.3 is 30.3 Å². The summed E-state index contributed by atoms with van der Waals surface area (Å²) in [5.41, 5.74) is 5.11. The Bertz CT molecular complexity index is 1640. The van der Waals surface area contributed by atoms with Gasteiger partial charge in [-0.25, -0.2) is 4.98 Å². The molecule has 4 heterocycles. The van der Waals surface area contributed by atoms with Gasteiger partial charge in [0, 0.05) is 36.6 Å². The van der Waals surface area contributed by atoms with Gasteiger partial charge in [0.2, 0.25) is 5.95 Å². The first-order chi connectivity index (χ1) is 20.5. The Kier molecular flexibility index (Phi) is 7.69. The van der Waals surface area contributed by atoms with E-state index in [1.54, 1.807) is 25.4 Å². The third kappa shape index (κ3) is 5.49. The Hall–Kier alpha value is -4.59. The number of fused-ring (bicyclic) bond motifs is 2. The SMILES string of the molecule is COc1cc2c(cc1Nc1ncc(C#N)c(Nc3ccc(OCc4ccccn4)c(Cl)c3)n1)N(C)CC21CCNCC1. The van der Waals surface area contributed by atoms with Crippen molar-refractivity contribution in [1.29, 1.82) is 5.26 Å². The number of rotatable bonds is 8. The average Bonchev–Trinajstić information content (AvgIpc) is 3.26. The fraction of sp³-hybridized carbons (Fsp3) is 0.290. The molecular formula is C31H31ClN8O2. The van der Waals surface area contributed by atoms with Crippen molar-refractivity contribution in [3.8, 4) is 17.6 Å². The van der Waals surface area contributed by atoms with E-state index in [1.807, 2.05) is 24.3 Å². The lowest BCUT2D eigenvalue weighted by Crippen LogP contribution is -2.42. The zero-order valence-electron chi connectivity index (χ0n) is 23.4. The molecule has 0 saturated carbocycles. The number of ether oxygens (including phenoxy) is 2. The van der Waals surface area contributed by atoms with Crippen molar-refractivity contribution < 1.29 is 9.47 Å². The molecule has 2 aromatic carbocycles. The van der Waals surface area contributed by atoms with E-state index in [-0.39, 0.29) is 5.41 Å². The lowest BCUT2D eigenvalue weighted by Gasteiger charge is -2.34. The molecule has 42 heavy (non-hydrogen) atoms. The molecule has 2 aliphatic rings. The largest absolute Gasteiger partial charge is 0.495 e. The number of aromatic nitrogens is 3. The molecule has 0 amide bonds. The summed E-state index contributed by atoms with van der Waals surface area (Å²) in [5.74, 6) is 1.92. The van der Waals surface area contributed by atoms with E-state index in [1.165, 1.54) is 17.4 Å². The van der Waals surface area contributed by atoms with Crippen molar-refractivity contribution in [1.82, 2.24) is 20.3 Å². The lowest BCUT2D eigenvalue weighted by atomic mass is 9.74. The molecule has 2 aliphatic heterocycles. The number of benzene rings is 2. The molecule has 0 bridgehead atoms. The van der Waals surface area contributed by atoms with E-state index < -0.39 is 0 Å². The smallest absolute Gasteiger partial charge is 0.229 e. The highest BCUT2D eigenvalue weighted by atomic mass is 35.5. The number of likely N-dealkylation sites (N-methyl/N-ethyl adjacent to an activating group) is 1. The second kappa shape index (κ2) is 11.7. The first-order valence-corrected chi connectivity index (χ1v) is 14.1. The summed E-state index contributed by atoms with van der Waals surface area (Å²) in [4.78, 5) is 15.6. The number of hydrogen-bond donors (Lipinski definition) is 3. The predicted molar refractivity (Wildman–Crippen MR) is 163 cm³/mol. The van der Waals surface area contributed by atoms with Gasteiger partial charge in [0.15, 0.2) is 5.82 Å². The molecule has 10 nitrogen and oxygen atoms in total. The molecular weight excluding hydrogens is 552 g/mol. The molecule has 2 aromatic heterocycles. The highest BCUT2D eigenvalue weighted by molar-refractivity contribution is 6.32. The molecule has 6 rings (SSSR count). The van der Waals surface area contributed by atoms with Crippen LogP contribution in [0.3, 0.4) is 0 Å². The van der Waals surface area contributed by atoms with E-state index in [9.17, 15) is 5.26 Å². The van der Waals surface area contributed by atoms with Crippen LogP contribution in [0, 0.1) is 11.3 Å². The van der Waals surface area contributed by atoms with Crippen molar-refractivity contribution in [3.63, 3.8) is 0 Å². The fourth-order valence-electron chi connectivity index (χ4n) is 5.74. The molecule has 1 saturated heterocycles. The number of halogens is 1. The topological polar surface area (TPSA) is 120 Å². The van der Waals surface area contributed by atoms with Crippen LogP contribution in [-0.2, 0) is 12.0 Å². The highest BCUT2D eigenvalue weighted by Gasteiger charge is 2.43. The fourth-order valence-corrected chi connectivity index (χ4v) is 5.97. The number of nitriles is 1. The van der Waals surface area contributed by atoms with Crippen molar-refractivity contribution in [2.45, 2.75) is 24.9 Å². The van der Waals surface area contributed by atoms with Gasteiger partial charge in [-0.2, -0.15) is 10.2 Å². The third-order valence-corrected chi connectivity index (χ3v) is 8.15. The third-order valence-electron chi connectivity index (χ3n) is 7.85. The van der Waals surface area contributed by atoms with Gasteiger partial charge in [0.25, 0.3) is 0 Å². The van der Waals surface area contributed by atoms with Gasteiger partial charge in [0.05, 0.1) is 29.7 Å². The number of anilines is 5. The Morgan fingerprint density at radius 1 is 1.10 bits per heavy atom. The molecule has 1 fully saturated rings. The Balaban J connectivity index is 1.22. The van der Waals surface area contributed by atoms with Crippen LogP contribution < -0.4 is 30.3 Å². The summed E-state index contributed by atoms with van der Waals surface area (Å²) in [5, 5.41) is 20.1. The number of piperidine rings is 1. The highest BCUT2D eigenvalue weighted by Crippen LogP contribution is 2.49. The van der Waals surface area contributed by atoms with Crippen molar-refractivity contribution >= 4 is 40.4 Å². The Morgan fingerprint density at radius 3 is 2.69 bits per heavy atom. The van der Waals surface area contributed by atoms with Crippen LogP contribution in [0.15, 0.2) is 60.9 Å². The first-order valence-electron chi connectivity index (χ1n) is 13.8. The van der Waals surface area contributed by atoms with Gasteiger partial charge in [-0.3, -0.25) is 4.98 Å². The van der Waals surface area contributed by atoms with Crippen LogP contribution in [0.25, 0.3) is 0 Å². The molecule has 4 aromatic rings.